The Labute approximate surface area is 163 Å². The molecule has 9 nitrogen and oxygen atoms in total. The van der Waals surface area contributed by atoms with E-state index in [9.17, 15) is 18.3 Å². The Bertz CT molecular complexity index is 1090. The molecule has 0 aliphatic carbocycles. The number of nitrogens with one attached hydrogen (secondary N) is 1. The van der Waals surface area contributed by atoms with Crippen molar-refractivity contribution in [2.75, 3.05) is 11.1 Å². The van der Waals surface area contributed by atoms with Crippen LogP contribution in [0.1, 0.15) is 17.4 Å². The largest absolute Gasteiger partial charge is 0.506 e. The normalized spacial score (nSPS) is 11.5. The summed E-state index contributed by atoms with van der Waals surface area (Å²) in [5, 5.41) is 20.7. The van der Waals surface area contributed by atoms with Gasteiger partial charge in [0.15, 0.2) is 15.5 Å². The van der Waals surface area contributed by atoms with E-state index in [0.29, 0.717) is 6.67 Å². The highest BCUT2D eigenvalue weighted by Gasteiger charge is 2.17. The molecule has 2 aromatic heterocycles. The van der Waals surface area contributed by atoms with E-state index in [0.717, 1.165) is 4.47 Å². The molecule has 0 aliphatic rings. The number of hydrogen-bond acceptors (Lipinski definition) is 6. The average molecular weight is 454 g/mol. The number of rotatable bonds is 6. The first-order chi connectivity index (χ1) is 12.8. The Morgan fingerprint density at radius 1 is 1.30 bits per heavy atom. The number of sulfone groups is 1. The fraction of sp³-hybridized carbons (Fsp3) is 0.188. The number of carbonyl (C=O) groups excluding carboxylic acids is 1. The molecule has 0 saturated heterocycles. The fourth-order valence-corrected chi connectivity index (χ4v) is 3.52. The maximum absolute atomic E-state index is 12.4. The molecule has 142 valence electrons. The summed E-state index contributed by atoms with van der Waals surface area (Å²) in [6.45, 7) is 1.83. The molecule has 0 radical (unpaired) electrons. The quantitative estimate of drug-likeness (QED) is 0.551. The van der Waals surface area contributed by atoms with Crippen LogP contribution in [0, 0.1) is 0 Å². The Hall–Kier alpha value is -2.66. The molecule has 0 fully saturated rings. The SMILES string of the molecule is CCS(=O)(=O)c1ccc(O)c(NC(=O)c2ccn(Cn3cc(Br)cn3)n2)c1. The molecule has 2 N–H and O–H groups in total. The van der Waals surface area contributed by atoms with Crippen molar-refractivity contribution in [2.24, 2.45) is 0 Å². The van der Waals surface area contributed by atoms with Crippen LogP contribution >= 0.6 is 15.9 Å². The number of aromatic hydroxyl groups is 1. The number of benzene rings is 1. The maximum atomic E-state index is 12.4. The number of amides is 1. The molecule has 0 bridgehead atoms. The molecule has 0 atom stereocenters. The van der Waals surface area contributed by atoms with Crippen LogP contribution in [0.4, 0.5) is 5.69 Å². The van der Waals surface area contributed by atoms with Crippen molar-refractivity contribution in [2.45, 2.75) is 18.5 Å². The summed E-state index contributed by atoms with van der Waals surface area (Å²) in [7, 11) is -3.46. The second-order valence-corrected chi connectivity index (χ2v) is 8.81. The van der Waals surface area contributed by atoms with Gasteiger partial charge in [-0.25, -0.2) is 13.1 Å². The van der Waals surface area contributed by atoms with Gasteiger partial charge in [-0.1, -0.05) is 6.92 Å². The molecule has 0 saturated carbocycles. The van der Waals surface area contributed by atoms with Crippen molar-refractivity contribution in [1.82, 2.24) is 19.6 Å². The van der Waals surface area contributed by atoms with E-state index in [1.165, 1.54) is 35.9 Å². The van der Waals surface area contributed by atoms with Gasteiger partial charge >= 0.3 is 0 Å². The van der Waals surface area contributed by atoms with Crippen molar-refractivity contribution in [3.63, 3.8) is 0 Å². The number of phenols is 1. The van der Waals surface area contributed by atoms with Gasteiger partial charge in [0.1, 0.15) is 12.4 Å². The standard InChI is InChI=1S/C16H16BrN5O4S/c1-2-27(25,26)12-3-4-15(23)14(7-12)19-16(24)13-5-6-21(20-13)10-22-9-11(17)8-18-22/h3-9,23H,2,10H2,1H3,(H,19,24). The summed E-state index contributed by atoms with van der Waals surface area (Å²) in [5.74, 6) is -0.894. The molecule has 0 unspecified atom stereocenters. The highest BCUT2D eigenvalue weighted by Crippen LogP contribution is 2.27. The molecular formula is C16H16BrN5O4S. The van der Waals surface area contributed by atoms with Crippen LogP contribution in [-0.2, 0) is 16.5 Å². The van der Waals surface area contributed by atoms with Crippen LogP contribution in [0.2, 0.25) is 0 Å². The zero-order valence-corrected chi connectivity index (χ0v) is 16.6. The lowest BCUT2D eigenvalue weighted by atomic mass is 10.3. The Morgan fingerprint density at radius 3 is 2.74 bits per heavy atom. The number of aromatic nitrogens is 4. The maximum Gasteiger partial charge on any atom is 0.276 e. The first kappa shape index (κ1) is 19.1. The first-order valence-corrected chi connectivity index (χ1v) is 10.3. The van der Waals surface area contributed by atoms with Crippen LogP contribution in [0.5, 0.6) is 5.75 Å². The summed E-state index contributed by atoms with van der Waals surface area (Å²) in [4.78, 5) is 12.4. The Balaban J connectivity index is 1.77. The van der Waals surface area contributed by atoms with Gasteiger partial charge in [-0.3, -0.25) is 9.48 Å². The van der Waals surface area contributed by atoms with E-state index in [2.05, 4.69) is 31.4 Å². The molecule has 27 heavy (non-hydrogen) atoms. The van der Waals surface area contributed by atoms with E-state index >= 15 is 0 Å². The van der Waals surface area contributed by atoms with Gasteiger partial charge in [0.05, 0.1) is 27.0 Å². The van der Waals surface area contributed by atoms with Crippen molar-refractivity contribution >= 4 is 37.4 Å². The number of nitrogens with zero attached hydrogens (tertiary/aromatic N) is 4. The van der Waals surface area contributed by atoms with Gasteiger partial charge in [-0.05, 0) is 40.2 Å². The third kappa shape index (κ3) is 4.37. The summed E-state index contributed by atoms with van der Waals surface area (Å²) in [6.07, 6.45) is 5.01. The Morgan fingerprint density at radius 2 is 2.07 bits per heavy atom. The highest BCUT2D eigenvalue weighted by atomic mass is 79.9. The smallest absolute Gasteiger partial charge is 0.276 e. The van der Waals surface area contributed by atoms with Gasteiger partial charge in [0, 0.05) is 12.4 Å². The van der Waals surface area contributed by atoms with Gasteiger partial charge in [-0.2, -0.15) is 10.2 Å². The lowest BCUT2D eigenvalue weighted by Crippen LogP contribution is -2.15. The average Bonchev–Trinajstić information content (AvgIpc) is 3.26. The van der Waals surface area contributed by atoms with E-state index < -0.39 is 15.7 Å². The van der Waals surface area contributed by atoms with E-state index in [1.807, 2.05) is 0 Å². The number of halogens is 1. The second-order valence-electron chi connectivity index (χ2n) is 5.62. The second kappa shape index (κ2) is 7.53. The van der Waals surface area contributed by atoms with Gasteiger partial charge in [-0.15, -0.1) is 0 Å². The number of phenolic OH excluding ortho intramolecular Hbond substituents is 1. The van der Waals surface area contributed by atoms with Crippen LogP contribution < -0.4 is 5.32 Å². The summed E-state index contributed by atoms with van der Waals surface area (Å²) >= 11 is 3.30. The third-order valence-corrected chi connectivity index (χ3v) is 5.86. The molecular weight excluding hydrogens is 438 g/mol. The first-order valence-electron chi connectivity index (χ1n) is 7.87. The zero-order chi connectivity index (χ0) is 19.6. The molecule has 0 spiro atoms. The summed E-state index contributed by atoms with van der Waals surface area (Å²) < 4.78 is 27.9. The Kier molecular flexibility index (Phi) is 5.33. The zero-order valence-electron chi connectivity index (χ0n) is 14.2. The minimum absolute atomic E-state index is 0.0000758. The highest BCUT2D eigenvalue weighted by molar-refractivity contribution is 9.10. The van der Waals surface area contributed by atoms with Crippen molar-refractivity contribution < 1.29 is 18.3 Å². The minimum Gasteiger partial charge on any atom is -0.506 e. The summed E-state index contributed by atoms with van der Waals surface area (Å²) in [5.41, 5.74) is 0.115. The van der Waals surface area contributed by atoms with Gasteiger partial charge in [0.2, 0.25) is 0 Å². The number of carbonyl (C=O) groups is 1. The fourth-order valence-electron chi connectivity index (χ4n) is 2.29. The van der Waals surface area contributed by atoms with Crippen LogP contribution in [0.3, 0.4) is 0 Å². The van der Waals surface area contributed by atoms with E-state index in [1.54, 1.807) is 23.3 Å². The van der Waals surface area contributed by atoms with Crippen molar-refractivity contribution in [3.05, 3.63) is 53.0 Å². The molecule has 2 heterocycles. The topological polar surface area (TPSA) is 119 Å². The molecule has 0 aliphatic heterocycles. The number of anilines is 1. The molecule has 11 heteroatoms. The monoisotopic (exact) mass is 453 g/mol. The van der Waals surface area contributed by atoms with E-state index in [-0.39, 0.29) is 27.8 Å². The molecule has 1 amide bonds. The van der Waals surface area contributed by atoms with Gasteiger partial charge < -0.3 is 10.4 Å². The predicted molar refractivity (Wildman–Crippen MR) is 101 cm³/mol. The van der Waals surface area contributed by atoms with E-state index in [4.69, 9.17) is 0 Å². The molecule has 3 aromatic rings. The van der Waals surface area contributed by atoms with Crippen molar-refractivity contribution in [1.29, 1.82) is 0 Å². The third-order valence-electron chi connectivity index (χ3n) is 3.72. The molecule has 3 rings (SSSR count). The molecule has 1 aromatic carbocycles. The van der Waals surface area contributed by atoms with Crippen LogP contribution in [0.25, 0.3) is 0 Å². The number of hydrogen-bond donors (Lipinski definition) is 2. The van der Waals surface area contributed by atoms with Crippen molar-refractivity contribution in [3.8, 4) is 5.75 Å². The lowest BCUT2D eigenvalue weighted by Gasteiger charge is -2.09. The lowest BCUT2D eigenvalue weighted by molar-refractivity contribution is 0.102. The minimum atomic E-state index is -3.46. The predicted octanol–water partition coefficient (Wildman–Crippen LogP) is 2.10. The van der Waals surface area contributed by atoms with Gasteiger partial charge in [0.25, 0.3) is 5.91 Å². The van der Waals surface area contributed by atoms with Crippen LogP contribution in [0.15, 0.2) is 52.2 Å². The summed E-state index contributed by atoms with van der Waals surface area (Å²) in [6, 6.07) is 5.26. The van der Waals surface area contributed by atoms with Crippen LogP contribution in [-0.4, -0.2) is 44.7 Å².